The Morgan fingerprint density at radius 1 is 1.18 bits per heavy atom. The third-order valence-corrected chi connectivity index (χ3v) is 3.41. The second kappa shape index (κ2) is 6.49. The van der Waals surface area contributed by atoms with Gasteiger partial charge in [-0.15, -0.1) is 0 Å². The van der Waals surface area contributed by atoms with Gasteiger partial charge in [-0.25, -0.2) is 10.2 Å². The largest absolute Gasteiger partial charge is 0.492 e. The molecule has 0 fully saturated rings. The Morgan fingerprint density at radius 3 is 2.82 bits per heavy atom. The maximum Gasteiger partial charge on any atom is 0.339 e. The number of benzene rings is 2. The van der Waals surface area contributed by atoms with Crippen LogP contribution in [0.15, 0.2) is 53.6 Å². The van der Waals surface area contributed by atoms with E-state index in [1.165, 1.54) is 0 Å². The number of hydrogen-bond donors (Lipinski definition) is 2. The van der Waals surface area contributed by atoms with Crippen LogP contribution in [0.2, 0.25) is 5.02 Å². The van der Waals surface area contributed by atoms with E-state index >= 15 is 0 Å². The molecule has 1 aliphatic rings. The summed E-state index contributed by atoms with van der Waals surface area (Å²) in [7, 11) is 0. The van der Waals surface area contributed by atoms with Crippen LogP contribution in [0.1, 0.15) is 12.0 Å². The fourth-order valence-corrected chi connectivity index (χ4v) is 2.33. The molecule has 0 aliphatic carbocycles. The molecule has 2 amide bonds. The van der Waals surface area contributed by atoms with Crippen LogP contribution in [0.5, 0.6) is 5.75 Å². The highest BCUT2D eigenvalue weighted by Crippen LogP contribution is 2.27. The van der Waals surface area contributed by atoms with Crippen molar-refractivity contribution in [3.63, 3.8) is 0 Å². The van der Waals surface area contributed by atoms with Crippen molar-refractivity contribution in [2.75, 3.05) is 11.9 Å². The molecule has 2 aromatic carbocycles. The van der Waals surface area contributed by atoms with Crippen molar-refractivity contribution in [1.29, 1.82) is 0 Å². The van der Waals surface area contributed by atoms with Crippen LogP contribution >= 0.6 is 11.6 Å². The van der Waals surface area contributed by atoms with Gasteiger partial charge in [0.15, 0.2) is 0 Å². The summed E-state index contributed by atoms with van der Waals surface area (Å²) in [6.07, 6.45) is 0.610. The summed E-state index contributed by atoms with van der Waals surface area (Å²) in [5.41, 5.74) is 4.75. The number of carbonyl (C=O) groups is 1. The van der Waals surface area contributed by atoms with Gasteiger partial charge in [0, 0.05) is 22.7 Å². The molecule has 0 spiro atoms. The van der Waals surface area contributed by atoms with Crippen LogP contribution in [0, 0.1) is 0 Å². The third-order valence-electron chi connectivity index (χ3n) is 3.17. The van der Waals surface area contributed by atoms with Crippen molar-refractivity contribution in [3.8, 4) is 5.75 Å². The Labute approximate surface area is 132 Å². The fourth-order valence-electron chi connectivity index (χ4n) is 2.16. The van der Waals surface area contributed by atoms with Crippen LogP contribution < -0.4 is 15.5 Å². The monoisotopic (exact) mass is 315 g/mol. The lowest BCUT2D eigenvalue weighted by atomic mass is 10.0. The van der Waals surface area contributed by atoms with Crippen LogP contribution in [-0.2, 0) is 0 Å². The highest BCUT2D eigenvalue weighted by atomic mass is 35.5. The van der Waals surface area contributed by atoms with Crippen molar-refractivity contribution >= 4 is 29.0 Å². The lowest BCUT2D eigenvalue weighted by molar-refractivity contribution is 0.252. The summed E-state index contributed by atoms with van der Waals surface area (Å²) in [6, 6.07) is 14.1. The van der Waals surface area contributed by atoms with Crippen LogP contribution in [-0.4, -0.2) is 18.3 Å². The molecule has 3 rings (SSSR count). The highest BCUT2D eigenvalue weighted by molar-refractivity contribution is 6.31. The number of carbonyl (C=O) groups excluding carboxylic acids is 1. The number of urea groups is 1. The van der Waals surface area contributed by atoms with Gasteiger partial charge in [0.05, 0.1) is 12.3 Å². The summed E-state index contributed by atoms with van der Waals surface area (Å²) >= 11 is 6.00. The summed E-state index contributed by atoms with van der Waals surface area (Å²) in [6.45, 7) is 0.523. The first-order valence-electron chi connectivity index (χ1n) is 6.84. The molecule has 5 nitrogen and oxygen atoms in total. The molecule has 2 aromatic rings. The molecular weight excluding hydrogens is 302 g/mol. The summed E-state index contributed by atoms with van der Waals surface area (Å²) in [4.78, 5) is 11.8. The first-order valence-corrected chi connectivity index (χ1v) is 7.21. The molecule has 0 unspecified atom stereocenters. The summed E-state index contributed by atoms with van der Waals surface area (Å²) < 4.78 is 5.54. The Bertz CT molecular complexity index is 717. The molecular formula is C16H14ClN3O2. The quantitative estimate of drug-likeness (QED) is 0.831. The standard InChI is InChI=1S/C16H14ClN3O2/c17-11-6-7-15-13(10-11)14(8-9-22-15)19-20-16(21)18-12-4-2-1-3-5-12/h1-7,10H,8-9H2,(H2,18,20,21)/b19-14+. The topological polar surface area (TPSA) is 62.7 Å². The van der Waals surface area contributed by atoms with Crippen LogP contribution in [0.25, 0.3) is 0 Å². The Morgan fingerprint density at radius 2 is 2.00 bits per heavy atom. The average molecular weight is 316 g/mol. The Kier molecular flexibility index (Phi) is 4.25. The first kappa shape index (κ1) is 14.4. The minimum Gasteiger partial charge on any atom is -0.492 e. The second-order valence-electron chi connectivity index (χ2n) is 4.73. The number of hydrazone groups is 1. The van der Waals surface area contributed by atoms with Gasteiger partial charge in [0.1, 0.15) is 5.75 Å². The molecule has 2 N–H and O–H groups in total. The molecule has 1 heterocycles. The van der Waals surface area contributed by atoms with E-state index < -0.39 is 6.03 Å². The van der Waals surface area contributed by atoms with E-state index in [1.54, 1.807) is 30.3 Å². The molecule has 0 radical (unpaired) electrons. The minimum absolute atomic E-state index is 0.395. The molecule has 6 heteroatoms. The average Bonchev–Trinajstić information content (AvgIpc) is 2.54. The molecule has 0 bridgehead atoms. The van der Waals surface area contributed by atoms with Gasteiger partial charge in [-0.05, 0) is 30.3 Å². The number of hydrogen-bond acceptors (Lipinski definition) is 3. The van der Waals surface area contributed by atoms with Gasteiger partial charge in [0.25, 0.3) is 0 Å². The normalized spacial score (nSPS) is 14.9. The molecule has 0 saturated carbocycles. The Balaban J connectivity index is 1.71. The molecule has 112 valence electrons. The number of fused-ring (bicyclic) bond motifs is 1. The van der Waals surface area contributed by atoms with E-state index in [9.17, 15) is 4.79 Å². The van der Waals surface area contributed by atoms with Gasteiger partial charge in [-0.2, -0.15) is 5.10 Å². The van der Waals surface area contributed by atoms with E-state index in [1.807, 2.05) is 18.2 Å². The maximum atomic E-state index is 11.8. The number of halogens is 1. The highest BCUT2D eigenvalue weighted by Gasteiger charge is 2.17. The smallest absolute Gasteiger partial charge is 0.339 e. The van der Waals surface area contributed by atoms with Gasteiger partial charge in [-0.1, -0.05) is 29.8 Å². The van der Waals surface area contributed by atoms with E-state index in [-0.39, 0.29) is 0 Å². The lowest BCUT2D eigenvalue weighted by Crippen LogP contribution is -2.27. The zero-order valence-electron chi connectivity index (χ0n) is 11.7. The first-order chi connectivity index (χ1) is 10.7. The number of nitrogens with zero attached hydrogens (tertiary/aromatic N) is 1. The number of anilines is 1. The van der Waals surface area contributed by atoms with E-state index in [0.29, 0.717) is 23.7 Å². The van der Waals surface area contributed by atoms with E-state index in [2.05, 4.69) is 15.8 Å². The Hall–Kier alpha value is -2.53. The van der Waals surface area contributed by atoms with Gasteiger partial charge < -0.3 is 10.1 Å². The number of rotatable bonds is 2. The molecule has 0 aromatic heterocycles. The van der Waals surface area contributed by atoms with Crippen LogP contribution in [0.3, 0.4) is 0 Å². The van der Waals surface area contributed by atoms with E-state index in [0.717, 1.165) is 17.0 Å². The minimum atomic E-state index is -0.395. The molecule has 22 heavy (non-hydrogen) atoms. The molecule has 1 aliphatic heterocycles. The van der Waals surface area contributed by atoms with Crippen molar-refractivity contribution in [1.82, 2.24) is 5.43 Å². The molecule has 0 saturated heterocycles. The van der Waals surface area contributed by atoms with Crippen molar-refractivity contribution in [3.05, 3.63) is 59.1 Å². The number of amides is 2. The molecule has 0 atom stereocenters. The summed E-state index contributed by atoms with van der Waals surface area (Å²) in [5.74, 6) is 0.722. The van der Waals surface area contributed by atoms with Gasteiger partial charge in [-0.3, -0.25) is 0 Å². The lowest BCUT2D eigenvalue weighted by Gasteiger charge is -2.19. The fraction of sp³-hybridized carbons (Fsp3) is 0.125. The maximum absolute atomic E-state index is 11.8. The zero-order valence-corrected chi connectivity index (χ0v) is 12.4. The number of nitrogens with one attached hydrogen (secondary N) is 2. The predicted molar refractivity (Wildman–Crippen MR) is 86.7 cm³/mol. The third kappa shape index (κ3) is 3.38. The van der Waals surface area contributed by atoms with E-state index in [4.69, 9.17) is 16.3 Å². The summed E-state index contributed by atoms with van der Waals surface area (Å²) in [5, 5.41) is 7.48. The van der Waals surface area contributed by atoms with Crippen molar-refractivity contribution < 1.29 is 9.53 Å². The number of ether oxygens (including phenoxy) is 1. The van der Waals surface area contributed by atoms with Gasteiger partial charge >= 0.3 is 6.03 Å². The SMILES string of the molecule is O=C(N/N=C1\CCOc2ccc(Cl)cc21)Nc1ccccc1. The van der Waals surface area contributed by atoms with Crippen LogP contribution in [0.4, 0.5) is 10.5 Å². The second-order valence-corrected chi connectivity index (χ2v) is 5.17. The van der Waals surface area contributed by atoms with Gasteiger partial charge in [0.2, 0.25) is 0 Å². The zero-order chi connectivity index (χ0) is 15.4. The van der Waals surface area contributed by atoms with Crippen molar-refractivity contribution in [2.24, 2.45) is 5.10 Å². The number of para-hydroxylation sites is 1. The van der Waals surface area contributed by atoms with Crippen molar-refractivity contribution in [2.45, 2.75) is 6.42 Å². The predicted octanol–water partition coefficient (Wildman–Crippen LogP) is 3.65.